The molecule has 0 aromatic carbocycles. The molecule has 3 heteroatoms. The fourth-order valence-corrected chi connectivity index (χ4v) is 1.68. The SMILES string of the molecule is C/C=C/C=C/C(O)/C(C)=C/COC1CCCCO1. The van der Waals surface area contributed by atoms with Crippen molar-refractivity contribution in [2.75, 3.05) is 13.2 Å². The second kappa shape index (κ2) is 9.09. The molecule has 0 spiro atoms. The van der Waals surface area contributed by atoms with E-state index in [0.717, 1.165) is 25.0 Å². The highest BCUT2D eigenvalue weighted by Crippen LogP contribution is 2.14. The second-order valence-corrected chi connectivity index (χ2v) is 4.43. The molecule has 2 atom stereocenters. The third-order valence-corrected chi connectivity index (χ3v) is 2.89. The van der Waals surface area contributed by atoms with Crippen LogP contribution in [0.25, 0.3) is 0 Å². The van der Waals surface area contributed by atoms with Crippen LogP contribution in [0.2, 0.25) is 0 Å². The standard InChI is InChI=1S/C15H24O3/c1-3-4-5-8-14(16)13(2)10-12-18-15-9-6-7-11-17-15/h3-5,8,10,14-16H,6-7,9,11-12H2,1-2H3/b4-3+,8-5+,13-10+. The van der Waals surface area contributed by atoms with E-state index in [0.29, 0.717) is 6.61 Å². The highest BCUT2D eigenvalue weighted by Gasteiger charge is 2.13. The number of hydrogen-bond donors (Lipinski definition) is 1. The Kier molecular flexibility index (Phi) is 7.65. The van der Waals surface area contributed by atoms with Crippen molar-refractivity contribution in [3.05, 3.63) is 36.0 Å². The van der Waals surface area contributed by atoms with Gasteiger partial charge in [0.1, 0.15) is 0 Å². The lowest BCUT2D eigenvalue weighted by Gasteiger charge is -2.22. The Labute approximate surface area is 110 Å². The Morgan fingerprint density at radius 2 is 2.28 bits per heavy atom. The van der Waals surface area contributed by atoms with E-state index < -0.39 is 6.10 Å². The first kappa shape index (κ1) is 15.2. The van der Waals surface area contributed by atoms with E-state index in [2.05, 4.69) is 0 Å². The van der Waals surface area contributed by atoms with Crippen LogP contribution in [0.5, 0.6) is 0 Å². The summed E-state index contributed by atoms with van der Waals surface area (Å²) in [4.78, 5) is 0. The molecule has 1 aliphatic rings. The Bertz CT molecular complexity index is 299. The minimum absolute atomic E-state index is 0.0708. The first-order valence-corrected chi connectivity index (χ1v) is 6.61. The van der Waals surface area contributed by atoms with Crippen LogP contribution >= 0.6 is 0 Å². The van der Waals surface area contributed by atoms with Gasteiger partial charge in [0.25, 0.3) is 0 Å². The number of aliphatic hydroxyl groups excluding tert-OH is 1. The molecule has 2 unspecified atom stereocenters. The van der Waals surface area contributed by atoms with E-state index in [1.807, 2.05) is 38.2 Å². The first-order valence-electron chi connectivity index (χ1n) is 6.61. The summed E-state index contributed by atoms with van der Waals surface area (Å²) >= 11 is 0. The third kappa shape index (κ3) is 6.15. The predicted molar refractivity (Wildman–Crippen MR) is 73.3 cm³/mol. The zero-order valence-electron chi connectivity index (χ0n) is 11.3. The van der Waals surface area contributed by atoms with Crippen molar-refractivity contribution in [1.29, 1.82) is 0 Å². The van der Waals surface area contributed by atoms with Gasteiger partial charge in [0.15, 0.2) is 6.29 Å². The van der Waals surface area contributed by atoms with Crippen molar-refractivity contribution in [2.45, 2.75) is 45.5 Å². The van der Waals surface area contributed by atoms with Gasteiger partial charge in [0, 0.05) is 6.61 Å². The molecule has 0 bridgehead atoms. The molecular formula is C15H24O3. The molecule has 1 fully saturated rings. The van der Waals surface area contributed by atoms with Gasteiger partial charge >= 0.3 is 0 Å². The Balaban J connectivity index is 2.27. The van der Waals surface area contributed by atoms with Crippen molar-refractivity contribution in [3.8, 4) is 0 Å². The fraction of sp³-hybridized carbons (Fsp3) is 0.600. The first-order chi connectivity index (χ1) is 8.74. The van der Waals surface area contributed by atoms with Crippen LogP contribution in [0.1, 0.15) is 33.1 Å². The van der Waals surface area contributed by atoms with Crippen LogP contribution in [0, 0.1) is 0 Å². The van der Waals surface area contributed by atoms with Gasteiger partial charge < -0.3 is 14.6 Å². The van der Waals surface area contributed by atoms with E-state index in [1.54, 1.807) is 6.08 Å². The lowest BCUT2D eigenvalue weighted by Crippen LogP contribution is -2.22. The van der Waals surface area contributed by atoms with Crippen molar-refractivity contribution >= 4 is 0 Å². The summed E-state index contributed by atoms with van der Waals surface area (Å²) in [5, 5.41) is 9.81. The summed E-state index contributed by atoms with van der Waals surface area (Å²) in [6.45, 7) is 5.13. The van der Waals surface area contributed by atoms with Gasteiger partial charge in [0.05, 0.1) is 12.7 Å². The summed E-state index contributed by atoms with van der Waals surface area (Å²) in [6.07, 6.45) is 12.0. The summed E-state index contributed by atoms with van der Waals surface area (Å²) in [7, 11) is 0. The molecule has 18 heavy (non-hydrogen) atoms. The topological polar surface area (TPSA) is 38.7 Å². The van der Waals surface area contributed by atoms with Crippen molar-refractivity contribution < 1.29 is 14.6 Å². The molecule has 3 nitrogen and oxygen atoms in total. The molecular weight excluding hydrogens is 228 g/mol. The number of allylic oxidation sites excluding steroid dienone is 3. The molecule has 0 aromatic rings. The van der Waals surface area contributed by atoms with E-state index in [1.165, 1.54) is 6.42 Å². The predicted octanol–water partition coefficient (Wildman–Crippen LogP) is 2.97. The number of aliphatic hydroxyl groups is 1. The number of rotatable bonds is 6. The summed E-state index contributed by atoms with van der Waals surface area (Å²) in [5.74, 6) is 0. The Morgan fingerprint density at radius 3 is 2.94 bits per heavy atom. The van der Waals surface area contributed by atoms with Gasteiger partial charge in [-0.25, -0.2) is 0 Å². The molecule has 0 amide bonds. The van der Waals surface area contributed by atoms with Crippen LogP contribution in [-0.2, 0) is 9.47 Å². The zero-order chi connectivity index (χ0) is 13.2. The molecule has 1 N–H and O–H groups in total. The molecule has 1 saturated heterocycles. The molecule has 0 aliphatic carbocycles. The van der Waals surface area contributed by atoms with Gasteiger partial charge in [-0.3, -0.25) is 0 Å². The number of hydrogen-bond acceptors (Lipinski definition) is 3. The zero-order valence-corrected chi connectivity index (χ0v) is 11.3. The summed E-state index contributed by atoms with van der Waals surface area (Å²) < 4.78 is 11.0. The van der Waals surface area contributed by atoms with Crippen LogP contribution in [0.4, 0.5) is 0 Å². The maximum Gasteiger partial charge on any atom is 0.157 e. The van der Waals surface area contributed by atoms with E-state index in [4.69, 9.17) is 9.47 Å². The molecule has 102 valence electrons. The van der Waals surface area contributed by atoms with Gasteiger partial charge in [-0.05, 0) is 38.7 Å². The minimum atomic E-state index is -0.544. The monoisotopic (exact) mass is 252 g/mol. The average Bonchev–Trinajstić information content (AvgIpc) is 2.40. The fourth-order valence-electron chi connectivity index (χ4n) is 1.68. The van der Waals surface area contributed by atoms with Gasteiger partial charge in [-0.1, -0.05) is 30.4 Å². The van der Waals surface area contributed by atoms with Crippen LogP contribution in [-0.4, -0.2) is 30.7 Å². The maximum absolute atomic E-state index is 9.81. The average molecular weight is 252 g/mol. The Hall–Kier alpha value is -0.900. The second-order valence-electron chi connectivity index (χ2n) is 4.43. The minimum Gasteiger partial charge on any atom is -0.385 e. The Morgan fingerprint density at radius 1 is 1.44 bits per heavy atom. The molecule has 1 aliphatic heterocycles. The molecule has 0 saturated carbocycles. The van der Waals surface area contributed by atoms with Crippen LogP contribution < -0.4 is 0 Å². The molecule has 0 aromatic heterocycles. The largest absolute Gasteiger partial charge is 0.385 e. The lowest BCUT2D eigenvalue weighted by molar-refractivity contribution is -0.155. The maximum atomic E-state index is 9.81. The highest BCUT2D eigenvalue weighted by molar-refractivity contribution is 5.15. The van der Waals surface area contributed by atoms with Crippen LogP contribution in [0.15, 0.2) is 36.0 Å². The molecule has 0 radical (unpaired) electrons. The quantitative estimate of drug-likeness (QED) is 0.583. The third-order valence-electron chi connectivity index (χ3n) is 2.89. The molecule has 1 rings (SSSR count). The lowest BCUT2D eigenvalue weighted by atomic mass is 10.1. The van der Waals surface area contributed by atoms with Crippen molar-refractivity contribution in [3.63, 3.8) is 0 Å². The van der Waals surface area contributed by atoms with Crippen LogP contribution in [0.3, 0.4) is 0 Å². The van der Waals surface area contributed by atoms with Crippen molar-refractivity contribution in [2.24, 2.45) is 0 Å². The van der Waals surface area contributed by atoms with Crippen molar-refractivity contribution in [1.82, 2.24) is 0 Å². The molecule has 1 heterocycles. The highest BCUT2D eigenvalue weighted by atomic mass is 16.7. The van der Waals surface area contributed by atoms with E-state index >= 15 is 0 Å². The number of ether oxygens (including phenoxy) is 2. The van der Waals surface area contributed by atoms with Gasteiger partial charge in [-0.15, -0.1) is 0 Å². The normalized spacial score (nSPS) is 23.9. The summed E-state index contributed by atoms with van der Waals surface area (Å²) in [6, 6.07) is 0. The van der Waals surface area contributed by atoms with E-state index in [9.17, 15) is 5.11 Å². The van der Waals surface area contributed by atoms with Gasteiger partial charge in [-0.2, -0.15) is 0 Å². The van der Waals surface area contributed by atoms with E-state index in [-0.39, 0.29) is 6.29 Å². The van der Waals surface area contributed by atoms with Gasteiger partial charge in [0.2, 0.25) is 0 Å². The smallest absolute Gasteiger partial charge is 0.157 e. The summed E-state index contributed by atoms with van der Waals surface area (Å²) in [5.41, 5.74) is 0.895.